The first kappa shape index (κ1) is 27.9. The van der Waals surface area contributed by atoms with Crippen molar-refractivity contribution < 1.29 is 23.8 Å². The van der Waals surface area contributed by atoms with Gasteiger partial charge in [0.2, 0.25) is 5.91 Å². The van der Waals surface area contributed by atoms with Gasteiger partial charge in [0.25, 0.3) is 0 Å². The SMILES string of the molecule is C=C(Cl)/C=C\C=C(/F)C1[C@H](C(=O)N(CCC)c2ccc(C(=O)O)cc2OC)CN(CC2CC2)C1(C)C. The third-order valence-corrected chi connectivity index (χ3v) is 7.27. The molecule has 1 aliphatic carbocycles. The van der Waals surface area contributed by atoms with Gasteiger partial charge in [-0.05, 0) is 69.4 Å². The zero-order chi connectivity index (χ0) is 26.6. The number of amides is 1. The molecule has 2 aliphatic rings. The van der Waals surface area contributed by atoms with Crippen LogP contribution in [0.25, 0.3) is 0 Å². The summed E-state index contributed by atoms with van der Waals surface area (Å²) in [5.74, 6) is -2.08. The molecule has 1 saturated carbocycles. The number of allylic oxidation sites excluding steroid dienone is 4. The largest absolute Gasteiger partial charge is 0.495 e. The van der Waals surface area contributed by atoms with Crippen molar-refractivity contribution in [2.45, 2.75) is 45.6 Å². The lowest BCUT2D eigenvalue weighted by atomic mass is 9.80. The minimum atomic E-state index is -1.08. The zero-order valence-corrected chi connectivity index (χ0v) is 22.2. The van der Waals surface area contributed by atoms with Gasteiger partial charge in [-0.2, -0.15) is 0 Å². The summed E-state index contributed by atoms with van der Waals surface area (Å²) < 4.78 is 21.2. The van der Waals surface area contributed by atoms with E-state index >= 15 is 4.39 Å². The number of ether oxygens (including phenoxy) is 1. The molecule has 1 aromatic carbocycles. The molecule has 3 rings (SSSR count). The van der Waals surface area contributed by atoms with E-state index in [2.05, 4.69) is 11.5 Å². The van der Waals surface area contributed by atoms with Gasteiger partial charge in [-0.25, -0.2) is 9.18 Å². The van der Waals surface area contributed by atoms with Crippen LogP contribution in [0.1, 0.15) is 50.4 Å². The summed E-state index contributed by atoms with van der Waals surface area (Å²) in [7, 11) is 1.44. The summed E-state index contributed by atoms with van der Waals surface area (Å²) in [6, 6.07) is 4.46. The standard InChI is InChI=1S/C28H36ClFN2O4/c1-6-14-32(23-13-12-20(27(34)35)15-24(23)36-5)26(33)21-17-31(16-19-10-11-19)28(3,4)25(21)22(30)9-7-8-18(2)29/h7-9,12-13,15,19,21,25H,2,6,10-11,14,16-17H2,1,3-5H3,(H,34,35)/b8-7-,22-9-/t21-,25?/m1/s1. The molecule has 2 fully saturated rings. The van der Waals surface area contributed by atoms with Crippen molar-refractivity contribution in [2.24, 2.45) is 17.8 Å². The van der Waals surface area contributed by atoms with Crippen LogP contribution in [0.2, 0.25) is 0 Å². The average Bonchev–Trinajstić information content (AvgIpc) is 3.59. The van der Waals surface area contributed by atoms with Crippen molar-refractivity contribution in [2.75, 3.05) is 31.6 Å². The van der Waals surface area contributed by atoms with Gasteiger partial charge >= 0.3 is 5.97 Å². The monoisotopic (exact) mass is 518 g/mol. The molecule has 1 unspecified atom stereocenters. The van der Waals surface area contributed by atoms with E-state index in [1.165, 1.54) is 37.5 Å². The van der Waals surface area contributed by atoms with Gasteiger partial charge in [0, 0.05) is 36.1 Å². The predicted octanol–water partition coefficient (Wildman–Crippen LogP) is 6.04. The fourth-order valence-corrected chi connectivity index (χ4v) is 5.17. The first-order chi connectivity index (χ1) is 17.0. The second-order valence-electron chi connectivity index (χ2n) is 10.1. The van der Waals surface area contributed by atoms with E-state index in [4.69, 9.17) is 16.3 Å². The molecule has 0 aromatic heterocycles. The number of carbonyl (C=O) groups is 2. The van der Waals surface area contributed by atoms with E-state index in [9.17, 15) is 14.7 Å². The Labute approximate surface area is 218 Å². The lowest BCUT2D eigenvalue weighted by Gasteiger charge is -2.36. The van der Waals surface area contributed by atoms with Gasteiger partial charge < -0.3 is 14.7 Å². The first-order valence-electron chi connectivity index (χ1n) is 12.4. The van der Waals surface area contributed by atoms with E-state index in [0.717, 1.165) is 19.4 Å². The van der Waals surface area contributed by atoms with Crippen LogP contribution in [0.4, 0.5) is 10.1 Å². The molecule has 2 atom stereocenters. The molecule has 1 aromatic rings. The number of anilines is 1. The molecule has 36 heavy (non-hydrogen) atoms. The molecule has 196 valence electrons. The van der Waals surface area contributed by atoms with Crippen LogP contribution in [0.5, 0.6) is 5.75 Å². The lowest BCUT2D eigenvalue weighted by Crippen LogP contribution is -2.44. The number of hydrogen-bond donors (Lipinski definition) is 1. The Balaban J connectivity index is 2.02. The van der Waals surface area contributed by atoms with Gasteiger partial charge in [0.05, 0.1) is 24.3 Å². The number of likely N-dealkylation sites (tertiary alicyclic amines) is 1. The number of aromatic carboxylic acids is 1. The fourth-order valence-electron chi connectivity index (χ4n) is 5.09. The number of carbonyl (C=O) groups excluding carboxylic acids is 1. The molecule has 1 heterocycles. The average molecular weight is 519 g/mol. The van der Waals surface area contributed by atoms with Crippen molar-refractivity contribution in [3.63, 3.8) is 0 Å². The molecular formula is C28H36ClFN2O4. The number of carboxylic acid groups (broad SMARTS) is 1. The highest BCUT2D eigenvalue weighted by atomic mass is 35.5. The smallest absolute Gasteiger partial charge is 0.335 e. The summed E-state index contributed by atoms with van der Waals surface area (Å²) in [6.07, 6.45) is 7.38. The zero-order valence-electron chi connectivity index (χ0n) is 21.5. The van der Waals surface area contributed by atoms with Crippen LogP contribution in [0.15, 0.2) is 53.9 Å². The highest BCUT2D eigenvalue weighted by molar-refractivity contribution is 6.30. The lowest BCUT2D eigenvalue weighted by molar-refractivity contribution is -0.123. The molecule has 6 nitrogen and oxygen atoms in total. The Hall–Kier alpha value is -2.64. The minimum Gasteiger partial charge on any atom is -0.495 e. The third-order valence-electron chi connectivity index (χ3n) is 7.15. The Bertz CT molecular complexity index is 1060. The summed E-state index contributed by atoms with van der Waals surface area (Å²) in [6.45, 7) is 11.2. The quantitative estimate of drug-likeness (QED) is 0.362. The van der Waals surface area contributed by atoms with Crippen LogP contribution >= 0.6 is 11.6 Å². The summed E-state index contributed by atoms with van der Waals surface area (Å²) >= 11 is 5.80. The molecule has 8 heteroatoms. The van der Waals surface area contributed by atoms with Crippen molar-refractivity contribution in [3.8, 4) is 5.75 Å². The summed E-state index contributed by atoms with van der Waals surface area (Å²) in [4.78, 5) is 29.4. The Morgan fingerprint density at radius 2 is 2.06 bits per heavy atom. The Morgan fingerprint density at radius 3 is 2.61 bits per heavy atom. The molecule has 0 radical (unpaired) electrons. The normalized spacial score (nSPS) is 22.1. The van der Waals surface area contributed by atoms with Gasteiger partial charge in [0.1, 0.15) is 11.6 Å². The van der Waals surface area contributed by atoms with Crippen LogP contribution in [0.3, 0.4) is 0 Å². The number of halogens is 2. The molecule has 1 N–H and O–H groups in total. The summed E-state index contributed by atoms with van der Waals surface area (Å²) in [5.41, 5.74) is -0.0318. The number of carboxylic acids is 1. The number of rotatable bonds is 11. The van der Waals surface area contributed by atoms with Crippen LogP contribution in [0, 0.1) is 17.8 Å². The number of hydrogen-bond acceptors (Lipinski definition) is 4. The van der Waals surface area contributed by atoms with E-state index in [-0.39, 0.29) is 17.3 Å². The van der Waals surface area contributed by atoms with Crippen LogP contribution < -0.4 is 9.64 Å². The molecule has 1 aliphatic heterocycles. The second-order valence-corrected chi connectivity index (χ2v) is 10.6. The van der Waals surface area contributed by atoms with E-state index < -0.39 is 23.3 Å². The first-order valence-corrected chi connectivity index (χ1v) is 12.7. The topological polar surface area (TPSA) is 70.1 Å². The number of benzene rings is 1. The molecular weight excluding hydrogens is 483 g/mol. The van der Waals surface area contributed by atoms with Crippen molar-refractivity contribution in [3.05, 3.63) is 59.4 Å². The minimum absolute atomic E-state index is 0.0663. The van der Waals surface area contributed by atoms with Crippen molar-refractivity contribution in [1.29, 1.82) is 0 Å². The van der Waals surface area contributed by atoms with Gasteiger partial charge in [0.15, 0.2) is 0 Å². The Morgan fingerprint density at radius 1 is 1.36 bits per heavy atom. The maximum atomic E-state index is 15.8. The highest BCUT2D eigenvalue weighted by Crippen LogP contribution is 2.47. The maximum absolute atomic E-state index is 15.8. The highest BCUT2D eigenvalue weighted by Gasteiger charge is 2.54. The van der Waals surface area contributed by atoms with E-state index in [1.807, 2.05) is 20.8 Å². The van der Waals surface area contributed by atoms with Crippen molar-refractivity contribution in [1.82, 2.24) is 4.90 Å². The van der Waals surface area contributed by atoms with Gasteiger partial charge in [-0.1, -0.05) is 31.2 Å². The van der Waals surface area contributed by atoms with Gasteiger partial charge in [-0.15, -0.1) is 0 Å². The summed E-state index contributed by atoms with van der Waals surface area (Å²) in [5, 5.41) is 9.67. The molecule has 1 saturated heterocycles. The molecule has 0 bridgehead atoms. The maximum Gasteiger partial charge on any atom is 0.335 e. The number of methoxy groups -OCH3 is 1. The second kappa shape index (κ2) is 11.6. The van der Waals surface area contributed by atoms with Gasteiger partial charge in [-0.3, -0.25) is 9.69 Å². The van der Waals surface area contributed by atoms with E-state index in [1.54, 1.807) is 11.0 Å². The van der Waals surface area contributed by atoms with Crippen molar-refractivity contribution >= 4 is 29.2 Å². The third kappa shape index (κ3) is 6.19. The fraction of sp³-hybridized carbons (Fsp3) is 0.500. The predicted molar refractivity (Wildman–Crippen MR) is 141 cm³/mol. The number of nitrogens with zero attached hydrogens (tertiary/aromatic N) is 2. The molecule has 0 spiro atoms. The van der Waals surface area contributed by atoms with Crippen LogP contribution in [-0.4, -0.2) is 54.2 Å². The van der Waals surface area contributed by atoms with E-state index in [0.29, 0.717) is 41.9 Å². The van der Waals surface area contributed by atoms with Crippen LogP contribution in [-0.2, 0) is 4.79 Å². The molecule has 1 amide bonds. The Kier molecular flexibility index (Phi) is 9.01.